The van der Waals surface area contributed by atoms with Gasteiger partial charge in [0.1, 0.15) is 10.8 Å². The molecule has 0 amide bonds. The lowest BCUT2D eigenvalue weighted by molar-refractivity contribution is 0.108. The number of rotatable bonds is 4. The van der Waals surface area contributed by atoms with Gasteiger partial charge in [0.2, 0.25) is 0 Å². The summed E-state index contributed by atoms with van der Waals surface area (Å²) < 4.78 is 5.36. The van der Waals surface area contributed by atoms with Gasteiger partial charge in [-0.3, -0.25) is 0 Å². The van der Waals surface area contributed by atoms with Crippen LogP contribution in [0.3, 0.4) is 0 Å². The molecule has 1 fully saturated rings. The number of methoxy groups -OCH3 is 1. The average molecular weight is 265 g/mol. The van der Waals surface area contributed by atoms with Gasteiger partial charge >= 0.3 is 0 Å². The van der Waals surface area contributed by atoms with Gasteiger partial charge < -0.3 is 15.8 Å². The summed E-state index contributed by atoms with van der Waals surface area (Å²) in [6.07, 6.45) is 3.59. The van der Waals surface area contributed by atoms with Gasteiger partial charge in [-0.25, -0.2) is 4.98 Å². The van der Waals surface area contributed by atoms with Crippen molar-refractivity contribution in [2.24, 2.45) is 5.73 Å². The van der Waals surface area contributed by atoms with Crippen LogP contribution in [-0.2, 0) is 4.74 Å². The van der Waals surface area contributed by atoms with Gasteiger partial charge in [0, 0.05) is 24.4 Å². The van der Waals surface area contributed by atoms with Gasteiger partial charge in [-0.1, -0.05) is 12.2 Å². The molecule has 1 aromatic heterocycles. The number of hydrogen-bond acceptors (Lipinski definition) is 4. The van der Waals surface area contributed by atoms with Gasteiger partial charge in [-0.05, 0) is 38.3 Å². The molecule has 0 bridgehead atoms. The largest absolute Gasteiger partial charge is 0.389 e. The number of ether oxygens (including phenoxy) is 1. The van der Waals surface area contributed by atoms with E-state index in [2.05, 4.69) is 10.3 Å². The Labute approximate surface area is 113 Å². The number of pyridine rings is 1. The van der Waals surface area contributed by atoms with Crippen molar-refractivity contribution in [3.05, 3.63) is 23.4 Å². The van der Waals surface area contributed by atoms with Crippen LogP contribution in [0, 0.1) is 6.92 Å². The van der Waals surface area contributed by atoms with Gasteiger partial charge in [0.25, 0.3) is 0 Å². The van der Waals surface area contributed by atoms with Crippen LogP contribution in [0.15, 0.2) is 12.1 Å². The second-order valence-electron chi connectivity index (χ2n) is 4.76. The van der Waals surface area contributed by atoms with E-state index in [1.807, 2.05) is 19.1 Å². The Morgan fingerprint density at radius 2 is 2.28 bits per heavy atom. The number of anilines is 1. The lowest BCUT2D eigenvalue weighted by Crippen LogP contribution is -2.19. The maximum Gasteiger partial charge on any atom is 0.127 e. The van der Waals surface area contributed by atoms with Crippen molar-refractivity contribution in [2.45, 2.75) is 38.3 Å². The average Bonchev–Trinajstić information content (AvgIpc) is 2.76. The second-order valence-corrected chi connectivity index (χ2v) is 5.20. The van der Waals surface area contributed by atoms with Crippen LogP contribution >= 0.6 is 12.2 Å². The molecule has 1 aromatic rings. The summed E-state index contributed by atoms with van der Waals surface area (Å²) in [5.41, 5.74) is 7.44. The first-order valence-electron chi connectivity index (χ1n) is 6.16. The Hall–Kier alpha value is -1.20. The summed E-state index contributed by atoms with van der Waals surface area (Å²) in [6, 6.07) is 4.23. The maximum atomic E-state index is 5.66. The zero-order valence-corrected chi connectivity index (χ0v) is 11.6. The van der Waals surface area contributed by atoms with Crippen LogP contribution < -0.4 is 11.1 Å². The van der Waals surface area contributed by atoms with E-state index < -0.39 is 0 Å². The summed E-state index contributed by atoms with van der Waals surface area (Å²) in [7, 11) is 1.77. The molecule has 1 heterocycles. The van der Waals surface area contributed by atoms with E-state index in [0.717, 1.165) is 36.3 Å². The number of nitrogens with one attached hydrogen (secondary N) is 1. The first-order chi connectivity index (χ1) is 8.58. The van der Waals surface area contributed by atoms with Crippen LogP contribution in [0.1, 0.15) is 30.5 Å². The summed E-state index contributed by atoms with van der Waals surface area (Å²) in [5, 5.41) is 3.43. The molecule has 98 valence electrons. The fourth-order valence-corrected chi connectivity index (χ4v) is 2.50. The highest BCUT2D eigenvalue weighted by Crippen LogP contribution is 2.24. The van der Waals surface area contributed by atoms with E-state index in [1.54, 1.807) is 7.11 Å². The molecular formula is C13H19N3OS. The lowest BCUT2D eigenvalue weighted by Gasteiger charge is -2.15. The van der Waals surface area contributed by atoms with Crippen molar-refractivity contribution >= 4 is 23.0 Å². The van der Waals surface area contributed by atoms with Crippen molar-refractivity contribution in [1.82, 2.24) is 4.98 Å². The van der Waals surface area contributed by atoms with Crippen LogP contribution in [0.5, 0.6) is 0 Å². The molecule has 3 N–H and O–H groups in total. The molecule has 2 rings (SSSR count). The standard InChI is InChI=1S/C13H19N3OS/c1-8-5-9(13(14)18)6-12(15-8)16-10-3-4-11(7-10)17-2/h5-6,10-11H,3-4,7H2,1-2H3,(H2,14,18)(H,15,16). The van der Waals surface area contributed by atoms with Crippen LogP contribution in [0.2, 0.25) is 0 Å². The van der Waals surface area contributed by atoms with Crippen LogP contribution in [0.25, 0.3) is 0 Å². The minimum Gasteiger partial charge on any atom is -0.389 e. The molecule has 1 saturated carbocycles. The van der Waals surface area contributed by atoms with Crippen LogP contribution in [0.4, 0.5) is 5.82 Å². The Morgan fingerprint density at radius 3 is 2.89 bits per heavy atom. The molecule has 0 aromatic carbocycles. The lowest BCUT2D eigenvalue weighted by atomic mass is 10.2. The number of nitrogens with two attached hydrogens (primary N) is 1. The predicted molar refractivity (Wildman–Crippen MR) is 76.9 cm³/mol. The van der Waals surface area contributed by atoms with E-state index in [9.17, 15) is 0 Å². The molecule has 1 aliphatic carbocycles. The number of hydrogen-bond donors (Lipinski definition) is 2. The maximum absolute atomic E-state index is 5.66. The second kappa shape index (κ2) is 5.63. The topological polar surface area (TPSA) is 60.2 Å². The summed E-state index contributed by atoms with van der Waals surface area (Å²) in [5.74, 6) is 0.847. The summed E-state index contributed by atoms with van der Waals surface area (Å²) >= 11 is 5.00. The summed E-state index contributed by atoms with van der Waals surface area (Å²) in [4.78, 5) is 4.87. The normalized spacial score (nSPS) is 23.0. The van der Waals surface area contributed by atoms with Crippen molar-refractivity contribution in [3.8, 4) is 0 Å². The van der Waals surface area contributed by atoms with E-state index in [1.165, 1.54) is 0 Å². The van der Waals surface area contributed by atoms with Gasteiger partial charge in [-0.2, -0.15) is 0 Å². The van der Waals surface area contributed by atoms with E-state index in [0.29, 0.717) is 17.1 Å². The highest BCUT2D eigenvalue weighted by atomic mass is 32.1. The minimum atomic E-state index is 0.363. The van der Waals surface area contributed by atoms with Gasteiger partial charge in [0.05, 0.1) is 6.10 Å². The van der Waals surface area contributed by atoms with Gasteiger partial charge in [-0.15, -0.1) is 0 Å². The third-order valence-corrected chi connectivity index (χ3v) is 3.54. The molecule has 5 heteroatoms. The Morgan fingerprint density at radius 1 is 1.50 bits per heavy atom. The molecular weight excluding hydrogens is 246 g/mol. The number of nitrogens with zero attached hydrogens (tertiary/aromatic N) is 1. The first-order valence-corrected chi connectivity index (χ1v) is 6.57. The highest BCUT2D eigenvalue weighted by molar-refractivity contribution is 7.80. The quantitative estimate of drug-likeness (QED) is 0.815. The van der Waals surface area contributed by atoms with E-state index >= 15 is 0 Å². The Kier molecular flexibility index (Phi) is 4.14. The SMILES string of the molecule is COC1CCC(Nc2cc(C(N)=S)cc(C)n2)C1. The molecule has 1 aliphatic rings. The van der Waals surface area contributed by atoms with Crippen molar-refractivity contribution in [1.29, 1.82) is 0 Å². The fraction of sp³-hybridized carbons (Fsp3) is 0.538. The van der Waals surface area contributed by atoms with Crippen molar-refractivity contribution in [2.75, 3.05) is 12.4 Å². The van der Waals surface area contributed by atoms with E-state index in [4.69, 9.17) is 22.7 Å². The fourth-order valence-electron chi connectivity index (χ4n) is 2.38. The highest BCUT2D eigenvalue weighted by Gasteiger charge is 2.24. The molecule has 4 nitrogen and oxygen atoms in total. The first kappa shape index (κ1) is 13.2. The van der Waals surface area contributed by atoms with Crippen molar-refractivity contribution < 1.29 is 4.74 Å². The predicted octanol–water partition coefficient (Wildman–Crippen LogP) is 2.00. The van der Waals surface area contributed by atoms with Crippen molar-refractivity contribution in [3.63, 3.8) is 0 Å². The number of thiocarbonyl (C=S) groups is 1. The zero-order valence-electron chi connectivity index (χ0n) is 10.8. The molecule has 0 saturated heterocycles. The molecule has 2 atom stereocenters. The van der Waals surface area contributed by atoms with Crippen LogP contribution in [-0.4, -0.2) is 29.2 Å². The Bertz CT molecular complexity index is 450. The smallest absolute Gasteiger partial charge is 0.127 e. The minimum absolute atomic E-state index is 0.363. The van der Waals surface area contributed by atoms with Gasteiger partial charge in [0.15, 0.2) is 0 Å². The molecule has 0 spiro atoms. The molecule has 0 aliphatic heterocycles. The summed E-state index contributed by atoms with van der Waals surface area (Å²) in [6.45, 7) is 1.94. The number of aromatic nitrogens is 1. The molecule has 0 radical (unpaired) electrons. The molecule has 18 heavy (non-hydrogen) atoms. The Balaban J connectivity index is 2.07. The third kappa shape index (κ3) is 3.17. The zero-order chi connectivity index (χ0) is 13.1. The number of aryl methyl sites for hydroxylation is 1. The monoisotopic (exact) mass is 265 g/mol. The third-order valence-electron chi connectivity index (χ3n) is 3.31. The van der Waals surface area contributed by atoms with E-state index in [-0.39, 0.29) is 0 Å². The molecule has 2 unspecified atom stereocenters.